The van der Waals surface area contributed by atoms with E-state index in [2.05, 4.69) is 34.1 Å². The molecule has 0 spiro atoms. The molecule has 0 radical (unpaired) electrons. The van der Waals surface area contributed by atoms with Gasteiger partial charge >= 0.3 is 0 Å². The third-order valence-electron chi connectivity index (χ3n) is 3.45. The van der Waals surface area contributed by atoms with Crippen molar-refractivity contribution in [2.75, 3.05) is 13.1 Å². The van der Waals surface area contributed by atoms with E-state index in [-0.39, 0.29) is 5.91 Å². The molecule has 0 aliphatic rings. The highest BCUT2D eigenvalue weighted by Gasteiger charge is 2.11. The van der Waals surface area contributed by atoms with Crippen LogP contribution in [0, 0.1) is 6.92 Å². The molecule has 0 saturated carbocycles. The average Bonchev–Trinajstić information content (AvgIpc) is 2.88. The van der Waals surface area contributed by atoms with Gasteiger partial charge in [-0.15, -0.1) is 11.3 Å². The molecule has 0 saturated heterocycles. The predicted molar refractivity (Wildman–Crippen MR) is 86.1 cm³/mol. The Morgan fingerprint density at radius 1 is 1.29 bits per heavy atom. The molecule has 2 rings (SSSR count). The van der Waals surface area contributed by atoms with Crippen LogP contribution in [0.1, 0.15) is 22.6 Å². The Balaban J connectivity index is 1.94. The number of carbonyl (C=O) groups excluding carboxylic acids is 1. The summed E-state index contributed by atoms with van der Waals surface area (Å²) in [5.74, 6) is -0.249. The van der Waals surface area contributed by atoms with Crippen LogP contribution in [-0.4, -0.2) is 28.9 Å². The lowest BCUT2D eigenvalue weighted by molar-refractivity contribution is -0.118. The number of hydrogen-bond acceptors (Lipinski definition) is 4. The Morgan fingerprint density at radius 2 is 2.05 bits per heavy atom. The van der Waals surface area contributed by atoms with Gasteiger partial charge in [-0.1, -0.05) is 30.3 Å². The maximum absolute atomic E-state index is 11.0. The lowest BCUT2D eigenvalue weighted by atomic mass is 10.1. The highest BCUT2D eigenvalue weighted by atomic mass is 32.1. The van der Waals surface area contributed by atoms with Crippen LogP contribution in [0.5, 0.6) is 0 Å². The van der Waals surface area contributed by atoms with Gasteiger partial charge < -0.3 is 5.73 Å². The van der Waals surface area contributed by atoms with Crippen molar-refractivity contribution < 1.29 is 4.79 Å². The monoisotopic (exact) mass is 303 g/mol. The minimum atomic E-state index is -0.249. The fourth-order valence-corrected chi connectivity index (χ4v) is 2.97. The van der Waals surface area contributed by atoms with Crippen molar-refractivity contribution in [2.45, 2.75) is 26.3 Å². The van der Waals surface area contributed by atoms with Crippen molar-refractivity contribution >= 4 is 17.2 Å². The zero-order valence-electron chi connectivity index (χ0n) is 12.3. The summed E-state index contributed by atoms with van der Waals surface area (Å²) in [6.45, 7) is 4.46. The maximum atomic E-state index is 11.0. The van der Waals surface area contributed by atoms with E-state index in [9.17, 15) is 4.79 Å². The van der Waals surface area contributed by atoms with Gasteiger partial charge in [0.2, 0.25) is 5.91 Å². The van der Waals surface area contributed by atoms with Crippen molar-refractivity contribution in [3.63, 3.8) is 0 Å². The molecule has 1 aromatic carbocycles. The fraction of sp³-hybridized carbons (Fsp3) is 0.375. The van der Waals surface area contributed by atoms with Crippen molar-refractivity contribution in [1.82, 2.24) is 9.88 Å². The third kappa shape index (κ3) is 5.28. The Bertz CT molecular complexity index is 568. The highest BCUT2D eigenvalue weighted by molar-refractivity contribution is 7.09. The van der Waals surface area contributed by atoms with Gasteiger partial charge in [0.15, 0.2) is 0 Å². The summed E-state index contributed by atoms with van der Waals surface area (Å²) < 4.78 is 0. The number of thiazole rings is 1. The number of amides is 1. The quantitative estimate of drug-likeness (QED) is 0.814. The van der Waals surface area contributed by atoms with Gasteiger partial charge in [0.1, 0.15) is 0 Å². The summed E-state index contributed by atoms with van der Waals surface area (Å²) in [5, 5.41) is 0. The van der Waals surface area contributed by atoms with Gasteiger partial charge in [-0.25, -0.2) is 4.98 Å². The first-order valence-corrected chi connectivity index (χ1v) is 7.96. The number of primary amides is 1. The van der Waals surface area contributed by atoms with Gasteiger partial charge in [0.05, 0.1) is 11.2 Å². The van der Waals surface area contributed by atoms with E-state index in [1.807, 2.05) is 18.5 Å². The molecule has 21 heavy (non-hydrogen) atoms. The Morgan fingerprint density at radius 3 is 2.67 bits per heavy atom. The number of aryl methyl sites for hydroxylation is 1. The number of rotatable bonds is 8. The van der Waals surface area contributed by atoms with Crippen LogP contribution in [0.15, 0.2) is 35.8 Å². The third-order valence-corrected chi connectivity index (χ3v) is 4.37. The van der Waals surface area contributed by atoms with Gasteiger partial charge in [-0.3, -0.25) is 9.69 Å². The van der Waals surface area contributed by atoms with Gasteiger partial charge in [0.25, 0.3) is 0 Å². The molecule has 0 aliphatic heterocycles. The number of hydrogen-bond donors (Lipinski definition) is 1. The fourth-order valence-electron chi connectivity index (χ4n) is 2.15. The number of carbonyl (C=O) groups is 1. The molecule has 0 unspecified atom stereocenters. The molecule has 0 aliphatic carbocycles. The zero-order valence-corrected chi connectivity index (χ0v) is 13.1. The lowest BCUT2D eigenvalue weighted by Gasteiger charge is -2.21. The second kappa shape index (κ2) is 7.90. The van der Waals surface area contributed by atoms with E-state index in [1.165, 1.54) is 10.4 Å². The largest absolute Gasteiger partial charge is 0.370 e. The van der Waals surface area contributed by atoms with Crippen LogP contribution in [-0.2, 0) is 17.8 Å². The molecule has 2 aromatic rings. The second-order valence-electron chi connectivity index (χ2n) is 5.09. The first-order chi connectivity index (χ1) is 10.1. The van der Waals surface area contributed by atoms with E-state index < -0.39 is 0 Å². The normalized spacial score (nSPS) is 11.0. The van der Waals surface area contributed by atoms with Crippen molar-refractivity contribution in [2.24, 2.45) is 5.73 Å². The Labute approximate surface area is 129 Å². The molecule has 1 heterocycles. The summed E-state index contributed by atoms with van der Waals surface area (Å²) in [6.07, 6.45) is 1.37. The maximum Gasteiger partial charge on any atom is 0.218 e. The number of benzene rings is 1. The second-order valence-corrected chi connectivity index (χ2v) is 6.03. The predicted octanol–water partition coefficient (Wildman–Crippen LogP) is 2.37. The van der Waals surface area contributed by atoms with Crippen molar-refractivity contribution in [1.29, 1.82) is 0 Å². The van der Waals surface area contributed by atoms with Crippen LogP contribution in [0.3, 0.4) is 0 Å². The summed E-state index contributed by atoms with van der Waals surface area (Å²) in [5.41, 5.74) is 9.53. The summed E-state index contributed by atoms with van der Waals surface area (Å²) in [7, 11) is 0. The first kappa shape index (κ1) is 15.7. The Kier molecular flexibility index (Phi) is 5.90. The molecule has 0 fully saturated rings. The highest BCUT2D eigenvalue weighted by Crippen LogP contribution is 2.15. The van der Waals surface area contributed by atoms with Gasteiger partial charge in [-0.2, -0.15) is 0 Å². The molecule has 5 heteroatoms. The minimum absolute atomic E-state index is 0.249. The van der Waals surface area contributed by atoms with Crippen molar-refractivity contribution in [3.8, 4) is 0 Å². The van der Waals surface area contributed by atoms with E-state index in [0.29, 0.717) is 13.0 Å². The van der Waals surface area contributed by atoms with Crippen LogP contribution in [0.2, 0.25) is 0 Å². The van der Waals surface area contributed by atoms with E-state index in [0.717, 1.165) is 25.2 Å². The molecule has 2 N–H and O–H groups in total. The molecule has 0 bridgehead atoms. The first-order valence-electron chi connectivity index (χ1n) is 7.08. The SMILES string of the molecule is Cc1ncsc1CN(CCC(N)=O)CCc1ccccc1. The van der Waals surface area contributed by atoms with Crippen LogP contribution < -0.4 is 5.73 Å². The van der Waals surface area contributed by atoms with E-state index in [1.54, 1.807) is 11.3 Å². The molecule has 112 valence electrons. The Hall–Kier alpha value is -1.72. The molecule has 4 nitrogen and oxygen atoms in total. The lowest BCUT2D eigenvalue weighted by Crippen LogP contribution is -2.29. The van der Waals surface area contributed by atoms with Crippen molar-refractivity contribution in [3.05, 3.63) is 52.0 Å². The van der Waals surface area contributed by atoms with Crippen LogP contribution >= 0.6 is 11.3 Å². The smallest absolute Gasteiger partial charge is 0.218 e. The molecule has 1 amide bonds. The number of nitrogens with zero attached hydrogens (tertiary/aromatic N) is 2. The number of nitrogens with two attached hydrogens (primary N) is 1. The van der Waals surface area contributed by atoms with Crippen LogP contribution in [0.4, 0.5) is 0 Å². The minimum Gasteiger partial charge on any atom is -0.370 e. The van der Waals surface area contributed by atoms with E-state index in [4.69, 9.17) is 5.73 Å². The average molecular weight is 303 g/mol. The van der Waals surface area contributed by atoms with Crippen LogP contribution in [0.25, 0.3) is 0 Å². The summed E-state index contributed by atoms with van der Waals surface area (Å²) in [4.78, 5) is 18.8. The standard InChI is InChI=1S/C16H21N3OS/c1-13-15(21-12-18-13)11-19(10-8-16(17)20)9-7-14-5-3-2-4-6-14/h2-6,12H,7-11H2,1H3,(H2,17,20). The zero-order chi connectivity index (χ0) is 15.1. The molecular weight excluding hydrogens is 282 g/mol. The van der Waals surface area contributed by atoms with Gasteiger partial charge in [0, 0.05) is 30.9 Å². The summed E-state index contributed by atoms with van der Waals surface area (Å²) >= 11 is 1.66. The topological polar surface area (TPSA) is 59.2 Å². The molecular formula is C16H21N3OS. The van der Waals surface area contributed by atoms with E-state index >= 15 is 0 Å². The molecule has 0 atom stereocenters. The number of aromatic nitrogens is 1. The van der Waals surface area contributed by atoms with Gasteiger partial charge in [-0.05, 0) is 18.9 Å². The molecule has 1 aromatic heterocycles. The summed E-state index contributed by atoms with van der Waals surface area (Å²) in [6, 6.07) is 10.4.